The zero-order valence-electron chi connectivity index (χ0n) is 10.4. The number of likely N-dealkylation sites (N-methyl/N-ethyl adjacent to an activating group) is 1. The van der Waals surface area contributed by atoms with E-state index in [2.05, 4.69) is 34.6 Å². The second kappa shape index (κ2) is 4.70. The van der Waals surface area contributed by atoms with Gasteiger partial charge in [-0.05, 0) is 19.2 Å². The number of para-hydroxylation sites is 2. The van der Waals surface area contributed by atoms with Gasteiger partial charge >= 0.3 is 0 Å². The minimum absolute atomic E-state index is 0.672. The van der Waals surface area contributed by atoms with Crippen LogP contribution in [0.15, 0.2) is 42.5 Å². The van der Waals surface area contributed by atoms with Crippen molar-refractivity contribution in [3.8, 4) is 5.75 Å². The summed E-state index contributed by atoms with van der Waals surface area (Å²) in [6.45, 7) is 1.52. The number of H-pyrrole nitrogens is 1. The van der Waals surface area contributed by atoms with Gasteiger partial charge in [-0.2, -0.15) is 0 Å². The van der Waals surface area contributed by atoms with Crippen LogP contribution < -0.4 is 10.1 Å². The van der Waals surface area contributed by atoms with Gasteiger partial charge in [-0.25, -0.2) is 0 Å². The summed E-state index contributed by atoms with van der Waals surface area (Å²) >= 11 is 0. The van der Waals surface area contributed by atoms with E-state index in [1.54, 1.807) is 0 Å². The topological polar surface area (TPSA) is 37.0 Å². The van der Waals surface area contributed by atoms with Crippen molar-refractivity contribution in [2.24, 2.45) is 0 Å². The fourth-order valence-corrected chi connectivity index (χ4v) is 2.23. The van der Waals surface area contributed by atoms with Gasteiger partial charge in [0, 0.05) is 22.8 Å². The molecule has 3 rings (SSSR count). The number of hydrogen-bond acceptors (Lipinski definition) is 2. The van der Waals surface area contributed by atoms with E-state index in [1.807, 2.05) is 25.2 Å². The highest BCUT2D eigenvalue weighted by atomic mass is 16.5. The van der Waals surface area contributed by atoms with Gasteiger partial charge in [0.25, 0.3) is 0 Å². The Balaban J connectivity index is 2.09. The van der Waals surface area contributed by atoms with Gasteiger partial charge in [0.05, 0.1) is 5.52 Å². The number of benzene rings is 2. The molecule has 0 unspecified atom stereocenters. The molecule has 1 aromatic heterocycles. The molecule has 0 atom stereocenters. The summed E-state index contributed by atoms with van der Waals surface area (Å²) in [5.41, 5.74) is 2.23. The lowest BCUT2D eigenvalue weighted by atomic mass is 10.1. The smallest absolute Gasteiger partial charge is 0.143 e. The number of aromatic amines is 1. The molecule has 18 heavy (non-hydrogen) atoms. The molecule has 0 spiro atoms. The Labute approximate surface area is 106 Å². The molecule has 0 fully saturated rings. The molecule has 3 aromatic rings. The maximum absolute atomic E-state index is 5.80. The van der Waals surface area contributed by atoms with Crippen molar-refractivity contribution in [3.05, 3.63) is 42.5 Å². The highest BCUT2D eigenvalue weighted by Crippen LogP contribution is 2.31. The van der Waals surface area contributed by atoms with Crippen LogP contribution in [0.1, 0.15) is 0 Å². The molecule has 0 bridgehead atoms. The van der Waals surface area contributed by atoms with Crippen molar-refractivity contribution in [3.63, 3.8) is 0 Å². The van der Waals surface area contributed by atoms with Crippen LogP contribution in [-0.4, -0.2) is 25.2 Å². The predicted octanol–water partition coefficient (Wildman–Crippen LogP) is 2.92. The Morgan fingerprint density at radius 1 is 1.06 bits per heavy atom. The summed E-state index contributed by atoms with van der Waals surface area (Å²) in [6.07, 6.45) is 0. The number of hydrogen-bond donors (Lipinski definition) is 2. The molecular formula is C15H16N2O. The first-order valence-corrected chi connectivity index (χ1v) is 6.17. The van der Waals surface area contributed by atoms with Gasteiger partial charge in [0.1, 0.15) is 12.4 Å². The minimum Gasteiger partial charge on any atom is -0.490 e. The predicted molar refractivity (Wildman–Crippen MR) is 75.2 cm³/mol. The molecule has 3 heteroatoms. The number of rotatable bonds is 4. The number of fused-ring (bicyclic) bond motifs is 3. The zero-order chi connectivity index (χ0) is 12.4. The summed E-state index contributed by atoms with van der Waals surface area (Å²) < 4.78 is 5.80. The van der Waals surface area contributed by atoms with E-state index < -0.39 is 0 Å². The largest absolute Gasteiger partial charge is 0.490 e. The van der Waals surface area contributed by atoms with Crippen LogP contribution >= 0.6 is 0 Å². The zero-order valence-corrected chi connectivity index (χ0v) is 10.4. The summed E-state index contributed by atoms with van der Waals surface area (Å²) in [4.78, 5) is 3.43. The highest BCUT2D eigenvalue weighted by Gasteiger charge is 2.07. The van der Waals surface area contributed by atoms with Gasteiger partial charge in [0.2, 0.25) is 0 Å². The standard InChI is InChI=1S/C15H16N2O/c1-16-9-10-18-14-8-4-6-12-11-5-2-3-7-13(11)17-15(12)14/h2-8,16-17H,9-10H2,1H3. The van der Waals surface area contributed by atoms with Gasteiger partial charge in [-0.1, -0.05) is 30.3 Å². The van der Waals surface area contributed by atoms with Crippen molar-refractivity contribution in [1.82, 2.24) is 10.3 Å². The lowest BCUT2D eigenvalue weighted by molar-refractivity contribution is 0.321. The molecule has 0 aliphatic rings. The lowest BCUT2D eigenvalue weighted by Crippen LogP contribution is -2.15. The molecule has 92 valence electrons. The third kappa shape index (κ3) is 1.83. The Hall–Kier alpha value is -2.00. The average Bonchev–Trinajstić information content (AvgIpc) is 2.79. The number of ether oxygens (including phenoxy) is 1. The molecular weight excluding hydrogens is 224 g/mol. The van der Waals surface area contributed by atoms with E-state index >= 15 is 0 Å². The fraction of sp³-hybridized carbons (Fsp3) is 0.200. The van der Waals surface area contributed by atoms with Crippen molar-refractivity contribution >= 4 is 21.8 Å². The number of aromatic nitrogens is 1. The molecule has 2 N–H and O–H groups in total. The summed E-state index contributed by atoms with van der Waals surface area (Å²) in [5.74, 6) is 0.916. The van der Waals surface area contributed by atoms with Crippen LogP contribution in [0.25, 0.3) is 21.8 Å². The highest BCUT2D eigenvalue weighted by molar-refractivity contribution is 6.09. The second-order valence-corrected chi connectivity index (χ2v) is 4.30. The van der Waals surface area contributed by atoms with E-state index in [9.17, 15) is 0 Å². The van der Waals surface area contributed by atoms with Crippen LogP contribution in [0, 0.1) is 0 Å². The van der Waals surface area contributed by atoms with E-state index in [-0.39, 0.29) is 0 Å². The first-order valence-electron chi connectivity index (χ1n) is 6.17. The van der Waals surface area contributed by atoms with Crippen LogP contribution in [0.4, 0.5) is 0 Å². The quantitative estimate of drug-likeness (QED) is 0.688. The fourth-order valence-electron chi connectivity index (χ4n) is 2.23. The maximum atomic E-state index is 5.80. The molecule has 0 radical (unpaired) electrons. The van der Waals surface area contributed by atoms with Crippen molar-refractivity contribution in [2.75, 3.05) is 20.2 Å². The summed E-state index contributed by atoms with van der Waals surface area (Å²) in [7, 11) is 1.92. The second-order valence-electron chi connectivity index (χ2n) is 4.30. The Morgan fingerprint density at radius 3 is 2.78 bits per heavy atom. The van der Waals surface area contributed by atoms with E-state index in [1.165, 1.54) is 10.8 Å². The van der Waals surface area contributed by atoms with E-state index in [0.29, 0.717) is 6.61 Å². The molecule has 2 aromatic carbocycles. The normalized spacial score (nSPS) is 11.2. The monoisotopic (exact) mass is 240 g/mol. The Morgan fingerprint density at radius 2 is 1.89 bits per heavy atom. The third-order valence-corrected chi connectivity index (χ3v) is 3.11. The van der Waals surface area contributed by atoms with Gasteiger partial charge in [-0.15, -0.1) is 0 Å². The molecule has 3 nitrogen and oxygen atoms in total. The van der Waals surface area contributed by atoms with Crippen molar-refractivity contribution in [1.29, 1.82) is 0 Å². The van der Waals surface area contributed by atoms with Crippen LogP contribution in [0.3, 0.4) is 0 Å². The molecule has 0 aliphatic heterocycles. The van der Waals surface area contributed by atoms with Crippen molar-refractivity contribution < 1.29 is 4.74 Å². The van der Waals surface area contributed by atoms with E-state index in [4.69, 9.17) is 4.74 Å². The summed E-state index contributed by atoms with van der Waals surface area (Å²) in [5, 5.41) is 5.53. The first-order chi connectivity index (χ1) is 8.90. The SMILES string of the molecule is CNCCOc1cccc2c1[nH]c1ccccc12. The molecule has 0 saturated carbocycles. The van der Waals surface area contributed by atoms with Crippen LogP contribution in [0.2, 0.25) is 0 Å². The van der Waals surface area contributed by atoms with Gasteiger partial charge in [-0.3, -0.25) is 0 Å². The Bertz CT molecular complexity index is 672. The molecule has 0 saturated heterocycles. The van der Waals surface area contributed by atoms with E-state index in [0.717, 1.165) is 23.3 Å². The third-order valence-electron chi connectivity index (χ3n) is 3.11. The molecule has 0 aliphatic carbocycles. The van der Waals surface area contributed by atoms with Crippen LogP contribution in [-0.2, 0) is 0 Å². The Kier molecular flexibility index (Phi) is 2.90. The summed E-state index contributed by atoms with van der Waals surface area (Å²) in [6, 6.07) is 14.5. The first kappa shape index (κ1) is 11.1. The minimum atomic E-state index is 0.672. The van der Waals surface area contributed by atoms with Crippen molar-refractivity contribution in [2.45, 2.75) is 0 Å². The maximum Gasteiger partial charge on any atom is 0.143 e. The van der Waals surface area contributed by atoms with Gasteiger partial charge < -0.3 is 15.0 Å². The molecule has 1 heterocycles. The van der Waals surface area contributed by atoms with Crippen LogP contribution in [0.5, 0.6) is 5.75 Å². The van der Waals surface area contributed by atoms with Gasteiger partial charge in [0.15, 0.2) is 0 Å². The lowest BCUT2D eigenvalue weighted by Gasteiger charge is -2.06. The molecule has 0 amide bonds. The average molecular weight is 240 g/mol. The number of nitrogens with one attached hydrogen (secondary N) is 2.